The molecule has 0 saturated carbocycles. The number of benzene rings is 3. The smallest absolute Gasteiger partial charge is 0.119 e. The summed E-state index contributed by atoms with van der Waals surface area (Å²) >= 11 is 6.83. The minimum absolute atomic E-state index is 0.0649. The number of rotatable bonds is 9. The van der Waals surface area contributed by atoms with Crippen LogP contribution in [0.3, 0.4) is 0 Å². The van der Waals surface area contributed by atoms with Crippen molar-refractivity contribution >= 4 is 22.2 Å². The van der Waals surface area contributed by atoms with Gasteiger partial charge in [-0.2, -0.15) is 0 Å². The van der Waals surface area contributed by atoms with Crippen LogP contribution in [0.1, 0.15) is 37.4 Å². The van der Waals surface area contributed by atoms with Crippen LogP contribution in [0, 0.1) is 0 Å². The fourth-order valence-corrected chi connectivity index (χ4v) is 3.36. The Kier molecular flexibility index (Phi) is 5.73. The van der Waals surface area contributed by atoms with E-state index in [1.165, 1.54) is 0 Å². The lowest BCUT2D eigenvalue weighted by atomic mass is 9.95. The van der Waals surface area contributed by atoms with E-state index in [0.29, 0.717) is 34.1 Å². The minimum atomic E-state index is -0.439. The van der Waals surface area contributed by atoms with E-state index in [0.717, 1.165) is 19.6 Å². The Morgan fingerprint density at radius 2 is 1.52 bits per heavy atom. The lowest BCUT2D eigenvalue weighted by Crippen LogP contribution is -2.27. The summed E-state index contributed by atoms with van der Waals surface area (Å²) in [4.78, 5) is 2.27. The molecule has 3 aromatic rings. The van der Waals surface area contributed by atoms with Gasteiger partial charge in [0.1, 0.15) is 12.4 Å². The van der Waals surface area contributed by atoms with E-state index in [2.05, 4.69) is 18.7 Å². The van der Waals surface area contributed by atoms with Crippen molar-refractivity contribution in [3.05, 3.63) is 101 Å². The molecule has 0 saturated heterocycles. The van der Waals surface area contributed by atoms with Crippen LogP contribution in [-0.2, 0) is 0 Å². The highest BCUT2D eigenvalue weighted by Crippen LogP contribution is 2.35. The van der Waals surface area contributed by atoms with Gasteiger partial charge < -0.3 is 9.64 Å². The molecule has 0 unspecified atom stereocenters. The van der Waals surface area contributed by atoms with Crippen molar-refractivity contribution in [1.82, 2.24) is 4.90 Å². The summed E-state index contributed by atoms with van der Waals surface area (Å²) in [7, 11) is 0. The second-order valence-corrected chi connectivity index (χ2v) is 6.83. The van der Waals surface area contributed by atoms with Gasteiger partial charge >= 0.3 is 0 Å². The van der Waals surface area contributed by atoms with E-state index >= 15 is 0 Å². The van der Waals surface area contributed by atoms with Gasteiger partial charge in [0.15, 0.2) is 0 Å². The quantitative estimate of drug-likeness (QED) is 0.370. The molecule has 29 heavy (non-hydrogen) atoms. The van der Waals surface area contributed by atoms with Crippen LogP contribution in [0.15, 0.2) is 84.8 Å². The van der Waals surface area contributed by atoms with E-state index < -0.39 is 18.1 Å². The van der Waals surface area contributed by atoms with Crippen molar-refractivity contribution in [3.8, 4) is 5.75 Å². The molecule has 0 bridgehead atoms. The predicted octanol–water partition coefficient (Wildman–Crippen LogP) is 6.56. The van der Waals surface area contributed by atoms with Gasteiger partial charge in [-0.25, -0.2) is 0 Å². The van der Waals surface area contributed by atoms with E-state index in [-0.39, 0.29) is 17.6 Å². The summed E-state index contributed by atoms with van der Waals surface area (Å²) in [5.74, 6) is 0.687. The molecule has 2 nitrogen and oxygen atoms in total. The molecule has 0 aromatic heterocycles. The largest absolute Gasteiger partial charge is 0.492 e. The Morgan fingerprint density at radius 3 is 2.14 bits per heavy atom. The first-order chi connectivity index (χ1) is 16.3. The summed E-state index contributed by atoms with van der Waals surface area (Å²) in [6.45, 7) is 7.52. The number of halogens is 1. The number of hydrogen-bond donors (Lipinski definition) is 0. The molecule has 0 amide bonds. The molecule has 150 valence electrons. The van der Waals surface area contributed by atoms with Crippen LogP contribution >= 0.6 is 11.6 Å². The summed E-state index contributed by atoms with van der Waals surface area (Å²) in [5.41, 5.74) is 1.75. The predicted molar refractivity (Wildman–Crippen MR) is 124 cm³/mol. The second-order valence-electron chi connectivity index (χ2n) is 6.45. The van der Waals surface area contributed by atoms with Gasteiger partial charge in [0.05, 0.1) is 11.9 Å². The molecule has 3 rings (SSSR count). The first kappa shape index (κ1) is 15.3. The van der Waals surface area contributed by atoms with Crippen molar-refractivity contribution in [2.24, 2.45) is 0 Å². The van der Waals surface area contributed by atoms with Crippen molar-refractivity contribution < 1.29 is 11.6 Å². The Balaban J connectivity index is 2.08. The van der Waals surface area contributed by atoms with Crippen molar-refractivity contribution in [1.29, 1.82) is 0 Å². The third-order valence-electron chi connectivity index (χ3n) is 4.71. The molecule has 0 aliphatic heterocycles. The van der Waals surface area contributed by atoms with Crippen molar-refractivity contribution in [2.45, 2.75) is 13.8 Å². The number of nitrogens with zero attached hydrogens (tertiary/aromatic N) is 1. The molecular formula is C26H28ClNO. The maximum Gasteiger partial charge on any atom is 0.119 e. The van der Waals surface area contributed by atoms with Crippen molar-refractivity contribution in [2.75, 3.05) is 26.2 Å². The maximum atomic E-state index is 8.49. The number of ether oxygens (including phenoxy) is 1. The van der Waals surface area contributed by atoms with E-state index in [1.54, 1.807) is 12.1 Å². The third kappa shape index (κ3) is 5.72. The molecule has 3 heteroatoms. The highest BCUT2D eigenvalue weighted by molar-refractivity contribution is 6.53. The zero-order chi connectivity index (χ0) is 24.8. The first-order valence-electron chi connectivity index (χ1n) is 12.3. The monoisotopic (exact) mass is 410 g/mol. The van der Waals surface area contributed by atoms with E-state index in [1.807, 2.05) is 42.5 Å². The average Bonchev–Trinajstić information content (AvgIpc) is 2.87. The van der Waals surface area contributed by atoms with Gasteiger partial charge in [0.2, 0.25) is 0 Å². The highest BCUT2D eigenvalue weighted by Gasteiger charge is 2.12. The summed E-state index contributed by atoms with van der Waals surface area (Å²) in [6.07, 6.45) is 0. The van der Waals surface area contributed by atoms with Gasteiger partial charge in [-0.05, 0) is 41.9 Å². The molecule has 0 radical (unpaired) electrons. The summed E-state index contributed by atoms with van der Waals surface area (Å²) in [6, 6.07) is 14.6. The Bertz CT molecular complexity index is 1130. The topological polar surface area (TPSA) is 12.5 Å². The third-order valence-corrected chi connectivity index (χ3v) is 5.12. The maximum absolute atomic E-state index is 8.49. The Labute approximate surface area is 186 Å². The normalized spacial score (nSPS) is 14.4. The van der Waals surface area contributed by atoms with Crippen LogP contribution in [0.4, 0.5) is 0 Å². The van der Waals surface area contributed by atoms with Gasteiger partial charge in [0, 0.05) is 12.1 Å². The zero-order valence-corrected chi connectivity index (χ0v) is 17.5. The van der Waals surface area contributed by atoms with Crippen LogP contribution in [-0.4, -0.2) is 31.1 Å². The lowest BCUT2D eigenvalue weighted by molar-refractivity contribution is 0.223. The minimum Gasteiger partial charge on any atom is -0.492 e. The molecule has 0 N–H and O–H groups in total. The fourth-order valence-electron chi connectivity index (χ4n) is 3.03. The van der Waals surface area contributed by atoms with Crippen LogP contribution < -0.4 is 4.74 Å². The van der Waals surface area contributed by atoms with Crippen LogP contribution in [0.5, 0.6) is 5.75 Å². The Hall–Kier alpha value is -2.55. The molecule has 0 spiro atoms. The number of likely N-dealkylation sites (N-methyl/N-ethyl adjacent to an activating group) is 1. The van der Waals surface area contributed by atoms with Crippen molar-refractivity contribution in [3.63, 3.8) is 0 Å². The second kappa shape index (κ2) is 10.8. The standard InChI is InChI=1S/C26H28ClNO/c1-3-28(4-2)19-20-29-24-17-15-22(16-18-24)25(21-11-7-5-8-12-21)26(27)23-13-9-6-10-14-23/h5-18H,3-4,19-20H2,1-2H3/b26-25-/i5D,7D,8D,11D,12D. The average molecular weight is 411 g/mol. The molecule has 0 aliphatic rings. The van der Waals surface area contributed by atoms with Gasteiger partial charge in [0.25, 0.3) is 0 Å². The summed E-state index contributed by atoms with van der Waals surface area (Å²) < 4.78 is 47.0. The Morgan fingerprint density at radius 1 is 0.862 bits per heavy atom. The molecular weight excluding hydrogens is 378 g/mol. The van der Waals surface area contributed by atoms with Gasteiger partial charge in [-0.15, -0.1) is 0 Å². The molecule has 0 heterocycles. The molecule has 3 aromatic carbocycles. The molecule has 0 atom stereocenters. The van der Waals surface area contributed by atoms with E-state index in [4.69, 9.17) is 23.2 Å². The zero-order valence-electron chi connectivity index (χ0n) is 21.8. The molecule has 0 fully saturated rings. The lowest BCUT2D eigenvalue weighted by Gasteiger charge is -2.18. The van der Waals surface area contributed by atoms with Gasteiger partial charge in [-0.3, -0.25) is 0 Å². The van der Waals surface area contributed by atoms with Crippen LogP contribution in [0.2, 0.25) is 0 Å². The van der Waals surface area contributed by atoms with Gasteiger partial charge in [-0.1, -0.05) is 98.1 Å². The summed E-state index contributed by atoms with van der Waals surface area (Å²) in [5, 5.41) is 0.300. The number of hydrogen-bond acceptors (Lipinski definition) is 2. The highest BCUT2D eigenvalue weighted by atomic mass is 35.5. The first-order valence-corrected chi connectivity index (χ1v) is 10.2. The SMILES string of the molecule is [2H]c1c([2H])c([2H])c(/C(=C(/Cl)c2ccccc2)c2ccc(OCCN(CC)CC)cc2)c([2H])c1[2H]. The molecule has 0 aliphatic carbocycles. The van der Waals surface area contributed by atoms with E-state index in [9.17, 15) is 0 Å². The van der Waals surface area contributed by atoms with Crippen LogP contribution in [0.25, 0.3) is 10.6 Å². The fraction of sp³-hybridized carbons (Fsp3) is 0.231.